The quantitative estimate of drug-likeness (QED) is 0.593. The summed E-state index contributed by atoms with van der Waals surface area (Å²) in [5.74, 6) is -0.500. The number of para-hydroxylation sites is 1. The van der Waals surface area contributed by atoms with Crippen molar-refractivity contribution in [1.82, 2.24) is 0 Å². The highest BCUT2D eigenvalue weighted by molar-refractivity contribution is 6.33. The van der Waals surface area contributed by atoms with Crippen LogP contribution in [0.25, 0.3) is 0 Å². The number of carboxylic acids is 1. The van der Waals surface area contributed by atoms with Crippen molar-refractivity contribution in [3.8, 4) is 5.75 Å². The molecule has 6 heteroatoms. The lowest BCUT2D eigenvalue weighted by atomic mass is 10.1. The number of benzene rings is 2. The summed E-state index contributed by atoms with van der Waals surface area (Å²) in [7, 11) is 0. The number of nitrogens with one attached hydrogen (secondary N) is 1. The molecule has 0 fully saturated rings. The summed E-state index contributed by atoms with van der Waals surface area (Å²) in [6.45, 7) is 1.64. The third kappa shape index (κ3) is 5.00. The molecule has 0 heterocycles. The fraction of sp³-hybridized carbons (Fsp3) is 0.176. The zero-order valence-electron chi connectivity index (χ0n) is 12.6. The normalized spacial score (nSPS) is 11.1. The molecule has 0 spiro atoms. The van der Waals surface area contributed by atoms with Crippen LogP contribution in [-0.2, 0) is 4.79 Å². The highest BCUT2D eigenvalue weighted by Gasteiger charge is 2.04. The average Bonchev–Trinajstić information content (AvgIpc) is 2.56. The van der Waals surface area contributed by atoms with E-state index < -0.39 is 5.97 Å². The van der Waals surface area contributed by atoms with Crippen molar-refractivity contribution in [3.05, 3.63) is 59.1 Å². The second kappa shape index (κ2) is 8.19. The summed E-state index contributed by atoms with van der Waals surface area (Å²) < 4.78 is 5.11. The van der Waals surface area contributed by atoms with Crippen LogP contribution in [-0.4, -0.2) is 23.4 Å². The Labute approximate surface area is 139 Å². The van der Waals surface area contributed by atoms with Crippen LogP contribution in [0.5, 0.6) is 5.75 Å². The lowest BCUT2D eigenvalue weighted by molar-refractivity contribution is -0.139. The summed E-state index contributed by atoms with van der Waals surface area (Å²) in [6.07, 6.45) is 0.729. The fourth-order valence-corrected chi connectivity index (χ4v) is 2.09. The molecule has 2 aromatic rings. The zero-order chi connectivity index (χ0) is 16.7. The topological polar surface area (TPSA) is 70.9 Å². The van der Waals surface area contributed by atoms with Crippen LogP contribution >= 0.6 is 11.6 Å². The van der Waals surface area contributed by atoms with Crippen LogP contribution in [0.1, 0.15) is 18.9 Å². The number of halogens is 1. The molecule has 0 saturated carbocycles. The Morgan fingerprint density at radius 3 is 2.52 bits per heavy atom. The number of carboxylic acid groups (broad SMARTS) is 1. The van der Waals surface area contributed by atoms with E-state index in [1.54, 1.807) is 18.2 Å². The summed E-state index contributed by atoms with van der Waals surface area (Å²) in [6, 6.07) is 14.5. The predicted octanol–water partition coefficient (Wildman–Crippen LogP) is 4.03. The van der Waals surface area contributed by atoms with E-state index in [0.717, 1.165) is 23.4 Å². The minimum Gasteiger partial charge on any atom is -0.482 e. The van der Waals surface area contributed by atoms with Crippen molar-refractivity contribution in [1.29, 1.82) is 0 Å². The fourth-order valence-electron chi connectivity index (χ4n) is 1.92. The number of hydrazone groups is 1. The van der Waals surface area contributed by atoms with Crippen LogP contribution in [0.3, 0.4) is 0 Å². The number of hydrogen-bond acceptors (Lipinski definition) is 4. The second-order valence-electron chi connectivity index (χ2n) is 4.71. The van der Waals surface area contributed by atoms with E-state index in [2.05, 4.69) is 10.5 Å². The molecular weight excluding hydrogens is 316 g/mol. The van der Waals surface area contributed by atoms with E-state index in [1.165, 1.54) is 0 Å². The predicted molar refractivity (Wildman–Crippen MR) is 91.5 cm³/mol. The number of aliphatic carboxylic acids is 1. The Morgan fingerprint density at radius 1 is 1.22 bits per heavy atom. The average molecular weight is 333 g/mol. The number of hydrogen-bond donors (Lipinski definition) is 2. The third-order valence-corrected chi connectivity index (χ3v) is 3.40. The molecule has 0 radical (unpaired) electrons. The van der Waals surface area contributed by atoms with Gasteiger partial charge in [0, 0.05) is 0 Å². The molecule has 0 atom stereocenters. The van der Waals surface area contributed by atoms with Crippen LogP contribution in [0.2, 0.25) is 5.02 Å². The standard InChI is InChI=1S/C17H17ClN2O3/c1-2-15(19-20-16-6-4-3-5-14(16)18)12-7-9-13(10-8-12)23-11-17(21)22/h3-10,20H,2,11H2,1H3,(H,21,22)/b19-15-. The van der Waals surface area contributed by atoms with Gasteiger partial charge in [-0.25, -0.2) is 4.79 Å². The Balaban J connectivity index is 2.09. The van der Waals surface area contributed by atoms with Crippen molar-refractivity contribution < 1.29 is 14.6 Å². The van der Waals surface area contributed by atoms with Crippen molar-refractivity contribution >= 4 is 29.0 Å². The van der Waals surface area contributed by atoms with E-state index in [1.807, 2.05) is 37.3 Å². The number of rotatable bonds is 7. The van der Waals surface area contributed by atoms with Crippen molar-refractivity contribution in [2.75, 3.05) is 12.0 Å². The van der Waals surface area contributed by atoms with Crippen LogP contribution < -0.4 is 10.2 Å². The van der Waals surface area contributed by atoms with Crippen LogP contribution in [0.15, 0.2) is 53.6 Å². The number of carbonyl (C=O) groups is 1. The van der Waals surface area contributed by atoms with Gasteiger partial charge in [0.1, 0.15) is 5.75 Å². The molecule has 0 unspecified atom stereocenters. The molecule has 0 aliphatic heterocycles. The van der Waals surface area contributed by atoms with Gasteiger partial charge in [-0.15, -0.1) is 0 Å². The summed E-state index contributed by atoms with van der Waals surface area (Å²) >= 11 is 6.08. The first-order valence-electron chi connectivity index (χ1n) is 7.12. The maximum absolute atomic E-state index is 10.5. The van der Waals surface area contributed by atoms with Gasteiger partial charge in [-0.3, -0.25) is 5.43 Å². The Kier molecular flexibility index (Phi) is 6.00. The molecule has 0 saturated heterocycles. The molecule has 0 aliphatic carbocycles. The second-order valence-corrected chi connectivity index (χ2v) is 5.12. The summed E-state index contributed by atoms with van der Waals surface area (Å²) in [5.41, 5.74) is 5.48. The van der Waals surface area contributed by atoms with Crippen LogP contribution in [0, 0.1) is 0 Å². The Hall–Kier alpha value is -2.53. The van der Waals surface area contributed by atoms with Gasteiger partial charge in [-0.05, 0) is 48.4 Å². The maximum atomic E-state index is 10.5. The minimum atomic E-state index is -1.01. The first-order chi connectivity index (χ1) is 11.1. The smallest absolute Gasteiger partial charge is 0.341 e. The molecule has 120 valence electrons. The number of nitrogens with zero attached hydrogens (tertiary/aromatic N) is 1. The first-order valence-corrected chi connectivity index (χ1v) is 7.50. The lowest BCUT2D eigenvalue weighted by Gasteiger charge is -2.08. The number of ether oxygens (including phenoxy) is 1. The number of anilines is 1. The summed E-state index contributed by atoms with van der Waals surface area (Å²) in [5, 5.41) is 13.6. The van der Waals surface area contributed by atoms with E-state index in [9.17, 15) is 4.79 Å². The largest absolute Gasteiger partial charge is 0.482 e. The van der Waals surface area contributed by atoms with Gasteiger partial charge in [0.2, 0.25) is 0 Å². The SMILES string of the molecule is CC/C(=N/Nc1ccccc1Cl)c1ccc(OCC(=O)O)cc1. The molecular formula is C17H17ClN2O3. The summed E-state index contributed by atoms with van der Waals surface area (Å²) in [4.78, 5) is 10.5. The van der Waals surface area contributed by atoms with Gasteiger partial charge in [0.15, 0.2) is 6.61 Å². The van der Waals surface area contributed by atoms with E-state index in [0.29, 0.717) is 10.8 Å². The highest BCUT2D eigenvalue weighted by atomic mass is 35.5. The molecule has 0 aliphatic rings. The lowest BCUT2D eigenvalue weighted by Crippen LogP contribution is -2.09. The van der Waals surface area contributed by atoms with Crippen molar-refractivity contribution in [2.45, 2.75) is 13.3 Å². The van der Waals surface area contributed by atoms with E-state index >= 15 is 0 Å². The van der Waals surface area contributed by atoms with Gasteiger partial charge >= 0.3 is 5.97 Å². The molecule has 2 rings (SSSR count). The van der Waals surface area contributed by atoms with Gasteiger partial charge in [-0.1, -0.05) is 30.7 Å². The maximum Gasteiger partial charge on any atom is 0.341 e. The molecule has 2 aromatic carbocycles. The van der Waals surface area contributed by atoms with Gasteiger partial charge in [-0.2, -0.15) is 5.10 Å². The van der Waals surface area contributed by atoms with Crippen molar-refractivity contribution in [3.63, 3.8) is 0 Å². The molecule has 23 heavy (non-hydrogen) atoms. The minimum absolute atomic E-state index is 0.359. The van der Waals surface area contributed by atoms with Gasteiger partial charge in [0.05, 0.1) is 16.4 Å². The molecule has 2 N–H and O–H groups in total. The first kappa shape index (κ1) is 16.8. The van der Waals surface area contributed by atoms with Crippen molar-refractivity contribution in [2.24, 2.45) is 5.10 Å². The third-order valence-electron chi connectivity index (χ3n) is 3.07. The monoisotopic (exact) mass is 332 g/mol. The van der Waals surface area contributed by atoms with E-state index in [4.69, 9.17) is 21.4 Å². The highest BCUT2D eigenvalue weighted by Crippen LogP contribution is 2.21. The molecule has 0 amide bonds. The molecule has 0 aromatic heterocycles. The van der Waals surface area contributed by atoms with Gasteiger partial charge < -0.3 is 9.84 Å². The molecule has 5 nitrogen and oxygen atoms in total. The zero-order valence-corrected chi connectivity index (χ0v) is 13.4. The molecule has 0 bridgehead atoms. The van der Waals surface area contributed by atoms with Gasteiger partial charge in [0.25, 0.3) is 0 Å². The Bertz CT molecular complexity index is 699. The van der Waals surface area contributed by atoms with Crippen LogP contribution in [0.4, 0.5) is 5.69 Å². The van der Waals surface area contributed by atoms with E-state index in [-0.39, 0.29) is 6.61 Å². The Morgan fingerprint density at radius 2 is 1.91 bits per heavy atom.